The molecule has 1 fully saturated rings. The minimum absolute atomic E-state index is 0.360. The molecule has 1 heterocycles. The summed E-state index contributed by atoms with van der Waals surface area (Å²) in [6.45, 7) is 3.86. The molecule has 0 spiro atoms. The fraction of sp³-hybridized carbons (Fsp3) is 0.385. The first-order chi connectivity index (χ1) is 8.08. The molecule has 0 aromatic heterocycles. The van der Waals surface area contributed by atoms with Crippen molar-refractivity contribution in [3.05, 3.63) is 41.4 Å². The van der Waals surface area contributed by atoms with Gasteiger partial charge in [0.05, 0.1) is 10.3 Å². The molecular formula is C13H17NO2S. The van der Waals surface area contributed by atoms with Gasteiger partial charge in [-0.3, -0.25) is 0 Å². The molecule has 1 saturated heterocycles. The number of aryl methyl sites for hydroxylation is 1. The van der Waals surface area contributed by atoms with Crippen LogP contribution in [0.25, 0.3) is 0 Å². The van der Waals surface area contributed by atoms with Crippen LogP contribution in [-0.4, -0.2) is 26.4 Å². The van der Waals surface area contributed by atoms with E-state index in [0.29, 0.717) is 4.90 Å². The van der Waals surface area contributed by atoms with E-state index in [1.807, 2.05) is 24.0 Å². The largest absolute Gasteiger partial charge is 0.377 e. The maximum Gasteiger partial charge on any atom is 0.201 e. The Kier molecular flexibility index (Phi) is 3.52. The zero-order valence-electron chi connectivity index (χ0n) is 9.96. The molecule has 0 bridgehead atoms. The number of hydrogen-bond acceptors (Lipinski definition) is 3. The summed E-state index contributed by atoms with van der Waals surface area (Å²) in [6, 6.07) is 6.94. The fourth-order valence-corrected chi connectivity index (χ4v) is 2.87. The second-order valence-corrected chi connectivity index (χ2v) is 6.22. The molecule has 2 rings (SSSR count). The normalized spacial score (nSPS) is 16.9. The lowest BCUT2D eigenvalue weighted by molar-refractivity contribution is 0.468. The molecule has 0 atom stereocenters. The minimum Gasteiger partial charge on any atom is -0.377 e. The summed E-state index contributed by atoms with van der Waals surface area (Å²) < 4.78 is 24.0. The van der Waals surface area contributed by atoms with Crippen LogP contribution in [0.5, 0.6) is 0 Å². The first-order valence-corrected chi connectivity index (χ1v) is 7.36. The van der Waals surface area contributed by atoms with E-state index in [1.54, 1.807) is 18.3 Å². The van der Waals surface area contributed by atoms with Crippen LogP contribution in [0.2, 0.25) is 0 Å². The summed E-state index contributed by atoms with van der Waals surface area (Å²) in [4.78, 5) is 2.41. The Balaban J connectivity index is 2.15. The molecule has 1 aliphatic rings. The highest BCUT2D eigenvalue weighted by Crippen LogP contribution is 2.14. The van der Waals surface area contributed by atoms with Crippen molar-refractivity contribution in [1.82, 2.24) is 4.90 Å². The van der Waals surface area contributed by atoms with E-state index in [2.05, 4.69) is 0 Å². The Labute approximate surface area is 103 Å². The molecule has 0 unspecified atom stereocenters. The van der Waals surface area contributed by atoms with Crippen LogP contribution >= 0.6 is 0 Å². The lowest BCUT2D eigenvalue weighted by atomic mass is 10.2. The molecular weight excluding hydrogens is 234 g/mol. The molecule has 92 valence electrons. The molecule has 0 N–H and O–H groups in total. The third-order valence-corrected chi connectivity index (χ3v) is 4.35. The van der Waals surface area contributed by atoms with E-state index in [-0.39, 0.29) is 0 Å². The Morgan fingerprint density at radius 2 is 1.71 bits per heavy atom. The summed E-state index contributed by atoms with van der Waals surface area (Å²) in [6.07, 6.45) is 3.99. The van der Waals surface area contributed by atoms with E-state index in [1.165, 1.54) is 5.41 Å². The van der Waals surface area contributed by atoms with Gasteiger partial charge in [0.1, 0.15) is 0 Å². The molecule has 1 aromatic rings. The van der Waals surface area contributed by atoms with E-state index in [9.17, 15) is 8.42 Å². The third kappa shape index (κ3) is 3.09. The van der Waals surface area contributed by atoms with Gasteiger partial charge in [-0.15, -0.1) is 0 Å². The number of benzene rings is 1. The zero-order chi connectivity index (χ0) is 12.3. The molecule has 0 radical (unpaired) electrons. The molecule has 1 aromatic carbocycles. The van der Waals surface area contributed by atoms with Gasteiger partial charge in [0, 0.05) is 19.3 Å². The highest BCUT2D eigenvalue weighted by Gasteiger charge is 2.12. The average molecular weight is 251 g/mol. The molecule has 0 aliphatic carbocycles. The molecule has 3 nitrogen and oxygen atoms in total. The highest BCUT2D eigenvalue weighted by molar-refractivity contribution is 7.94. The predicted octanol–water partition coefficient (Wildman–Crippen LogP) is 2.34. The van der Waals surface area contributed by atoms with Gasteiger partial charge >= 0.3 is 0 Å². The Morgan fingerprint density at radius 3 is 2.29 bits per heavy atom. The number of hydrogen-bond donors (Lipinski definition) is 0. The Morgan fingerprint density at radius 1 is 1.12 bits per heavy atom. The van der Waals surface area contributed by atoms with Crippen LogP contribution in [0.1, 0.15) is 18.4 Å². The maximum absolute atomic E-state index is 12.0. The standard InChI is InChI=1S/C13H17NO2S/c1-12-4-6-13(7-5-12)17(15,16)11-10-14-8-2-3-9-14/h4-7,10-11H,2-3,8-9H2,1H3/b11-10+. The van der Waals surface area contributed by atoms with Gasteiger partial charge in [0.2, 0.25) is 9.84 Å². The minimum atomic E-state index is -3.29. The first-order valence-electron chi connectivity index (χ1n) is 5.82. The molecule has 17 heavy (non-hydrogen) atoms. The van der Waals surface area contributed by atoms with Gasteiger partial charge < -0.3 is 4.90 Å². The zero-order valence-corrected chi connectivity index (χ0v) is 10.8. The molecule has 4 heteroatoms. The van der Waals surface area contributed by atoms with E-state index >= 15 is 0 Å². The van der Waals surface area contributed by atoms with Crippen molar-refractivity contribution in [1.29, 1.82) is 0 Å². The van der Waals surface area contributed by atoms with E-state index in [4.69, 9.17) is 0 Å². The van der Waals surface area contributed by atoms with Crippen molar-refractivity contribution in [3.63, 3.8) is 0 Å². The second-order valence-electron chi connectivity index (χ2n) is 4.39. The third-order valence-electron chi connectivity index (χ3n) is 2.94. The van der Waals surface area contributed by atoms with Crippen LogP contribution in [-0.2, 0) is 9.84 Å². The fourth-order valence-electron chi connectivity index (χ4n) is 1.86. The number of sulfone groups is 1. The van der Waals surface area contributed by atoms with Gasteiger partial charge in [-0.1, -0.05) is 17.7 Å². The monoisotopic (exact) mass is 251 g/mol. The van der Waals surface area contributed by atoms with Crippen LogP contribution < -0.4 is 0 Å². The van der Waals surface area contributed by atoms with Crippen LogP contribution in [0.3, 0.4) is 0 Å². The van der Waals surface area contributed by atoms with Crippen molar-refractivity contribution in [2.75, 3.05) is 13.1 Å². The van der Waals surface area contributed by atoms with Gasteiger partial charge in [-0.2, -0.15) is 0 Å². The summed E-state index contributed by atoms with van der Waals surface area (Å²) >= 11 is 0. The highest BCUT2D eigenvalue weighted by atomic mass is 32.2. The van der Waals surface area contributed by atoms with Crippen LogP contribution in [0, 0.1) is 6.92 Å². The number of likely N-dealkylation sites (tertiary alicyclic amines) is 1. The van der Waals surface area contributed by atoms with Crippen molar-refractivity contribution >= 4 is 9.84 Å². The summed E-state index contributed by atoms with van der Waals surface area (Å²) in [7, 11) is -3.29. The summed E-state index contributed by atoms with van der Waals surface area (Å²) in [5.74, 6) is 0. The van der Waals surface area contributed by atoms with Gasteiger partial charge in [-0.05, 0) is 31.9 Å². The molecule has 0 saturated carbocycles. The molecule has 0 amide bonds. The maximum atomic E-state index is 12.0. The van der Waals surface area contributed by atoms with Gasteiger partial charge in [0.15, 0.2) is 0 Å². The Bertz CT molecular complexity index is 497. The molecule has 1 aliphatic heterocycles. The topological polar surface area (TPSA) is 37.4 Å². The first kappa shape index (κ1) is 12.2. The number of nitrogens with zero attached hydrogens (tertiary/aromatic N) is 1. The van der Waals surface area contributed by atoms with Crippen LogP contribution in [0.4, 0.5) is 0 Å². The van der Waals surface area contributed by atoms with Crippen molar-refractivity contribution in [3.8, 4) is 0 Å². The quantitative estimate of drug-likeness (QED) is 0.827. The van der Waals surface area contributed by atoms with Gasteiger partial charge in [-0.25, -0.2) is 8.42 Å². The predicted molar refractivity (Wildman–Crippen MR) is 68.3 cm³/mol. The average Bonchev–Trinajstić information content (AvgIpc) is 2.80. The van der Waals surface area contributed by atoms with Crippen molar-refractivity contribution < 1.29 is 8.42 Å². The van der Waals surface area contributed by atoms with Crippen LogP contribution in [0.15, 0.2) is 40.8 Å². The summed E-state index contributed by atoms with van der Waals surface area (Å²) in [5, 5.41) is 1.31. The van der Waals surface area contributed by atoms with Crippen molar-refractivity contribution in [2.45, 2.75) is 24.7 Å². The SMILES string of the molecule is Cc1ccc(S(=O)(=O)/C=C/N2CCCC2)cc1. The van der Waals surface area contributed by atoms with Gasteiger partial charge in [0.25, 0.3) is 0 Å². The summed E-state index contributed by atoms with van der Waals surface area (Å²) in [5.41, 5.74) is 1.06. The van der Waals surface area contributed by atoms with E-state index < -0.39 is 9.84 Å². The smallest absolute Gasteiger partial charge is 0.201 e. The van der Waals surface area contributed by atoms with Crippen molar-refractivity contribution in [2.24, 2.45) is 0 Å². The Hall–Kier alpha value is -1.29. The number of rotatable bonds is 3. The second kappa shape index (κ2) is 4.92. The van der Waals surface area contributed by atoms with E-state index in [0.717, 1.165) is 31.5 Å². The lowest BCUT2D eigenvalue weighted by Crippen LogP contribution is -2.11. The lowest BCUT2D eigenvalue weighted by Gasteiger charge is -2.10.